The lowest BCUT2D eigenvalue weighted by atomic mass is 10.0. The zero-order valence-electron chi connectivity index (χ0n) is 13.4. The lowest BCUT2D eigenvalue weighted by molar-refractivity contribution is 0.318. The van der Waals surface area contributed by atoms with Gasteiger partial charge in [-0.2, -0.15) is 0 Å². The van der Waals surface area contributed by atoms with Gasteiger partial charge in [-0.15, -0.1) is 0 Å². The zero-order chi connectivity index (χ0) is 15.2. The van der Waals surface area contributed by atoms with Crippen molar-refractivity contribution in [2.75, 3.05) is 11.9 Å². The lowest BCUT2D eigenvalue weighted by Gasteiger charge is -2.20. The molecule has 0 fully saturated rings. The van der Waals surface area contributed by atoms with Crippen LogP contribution in [0.15, 0.2) is 42.5 Å². The van der Waals surface area contributed by atoms with E-state index in [-0.39, 0.29) is 6.04 Å². The highest BCUT2D eigenvalue weighted by Crippen LogP contribution is 2.30. The number of hydrogen-bond acceptors (Lipinski definition) is 2. The molecule has 21 heavy (non-hydrogen) atoms. The summed E-state index contributed by atoms with van der Waals surface area (Å²) in [6, 6.07) is 15.1. The summed E-state index contributed by atoms with van der Waals surface area (Å²) >= 11 is 0. The fourth-order valence-corrected chi connectivity index (χ4v) is 2.46. The van der Waals surface area contributed by atoms with Gasteiger partial charge in [-0.25, -0.2) is 0 Å². The standard InChI is InChI=1S/C19H25NO/c1-5-12-21-19-13-14(2)10-11-18(19)20-16(4)17-9-7-6-8-15(17)3/h6-11,13,16,20H,5,12H2,1-4H3. The Labute approximate surface area is 128 Å². The topological polar surface area (TPSA) is 21.3 Å². The molecule has 1 N–H and O–H groups in total. The van der Waals surface area contributed by atoms with E-state index in [9.17, 15) is 0 Å². The van der Waals surface area contributed by atoms with Crippen molar-refractivity contribution >= 4 is 5.69 Å². The molecule has 0 bridgehead atoms. The fraction of sp³-hybridized carbons (Fsp3) is 0.368. The van der Waals surface area contributed by atoms with Crippen LogP contribution in [0.3, 0.4) is 0 Å². The second-order valence-electron chi connectivity index (χ2n) is 5.57. The molecule has 2 aromatic carbocycles. The summed E-state index contributed by atoms with van der Waals surface area (Å²) in [5.74, 6) is 0.942. The van der Waals surface area contributed by atoms with E-state index in [0.29, 0.717) is 0 Å². The lowest BCUT2D eigenvalue weighted by Crippen LogP contribution is -2.10. The fourth-order valence-electron chi connectivity index (χ4n) is 2.46. The molecule has 1 unspecified atom stereocenters. The van der Waals surface area contributed by atoms with Crippen molar-refractivity contribution in [2.45, 2.75) is 40.2 Å². The first kappa shape index (κ1) is 15.4. The van der Waals surface area contributed by atoms with Crippen molar-refractivity contribution in [3.8, 4) is 5.75 Å². The van der Waals surface area contributed by atoms with Crippen molar-refractivity contribution in [3.63, 3.8) is 0 Å². The van der Waals surface area contributed by atoms with Crippen LogP contribution in [0, 0.1) is 13.8 Å². The number of aryl methyl sites for hydroxylation is 2. The number of rotatable bonds is 6. The SMILES string of the molecule is CCCOc1cc(C)ccc1NC(C)c1ccccc1C. The van der Waals surface area contributed by atoms with Crippen LogP contribution in [0.2, 0.25) is 0 Å². The molecule has 0 spiro atoms. The van der Waals surface area contributed by atoms with Crippen LogP contribution >= 0.6 is 0 Å². The van der Waals surface area contributed by atoms with Crippen molar-refractivity contribution in [1.82, 2.24) is 0 Å². The molecule has 0 amide bonds. The normalized spacial score (nSPS) is 12.0. The summed E-state index contributed by atoms with van der Waals surface area (Å²) in [6.07, 6.45) is 1.01. The van der Waals surface area contributed by atoms with E-state index in [1.165, 1.54) is 16.7 Å². The Morgan fingerprint density at radius 3 is 2.57 bits per heavy atom. The van der Waals surface area contributed by atoms with Gasteiger partial charge in [0.2, 0.25) is 0 Å². The highest BCUT2D eigenvalue weighted by atomic mass is 16.5. The molecule has 0 saturated heterocycles. The van der Waals surface area contributed by atoms with E-state index in [4.69, 9.17) is 4.74 Å². The van der Waals surface area contributed by atoms with E-state index in [2.05, 4.69) is 75.5 Å². The molecular weight excluding hydrogens is 258 g/mol. The van der Waals surface area contributed by atoms with Gasteiger partial charge in [-0.05, 0) is 56.0 Å². The molecule has 0 aromatic heterocycles. The van der Waals surface area contributed by atoms with Crippen molar-refractivity contribution in [2.24, 2.45) is 0 Å². The second-order valence-corrected chi connectivity index (χ2v) is 5.57. The molecule has 0 aliphatic rings. The molecule has 0 heterocycles. The van der Waals surface area contributed by atoms with Gasteiger partial charge in [0.15, 0.2) is 0 Å². The molecule has 1 atom stereocenters. The third-order valence-corrected chi connectivity index (χ3v) is 3.63. The molecule has 2 heteroatoms. The summed E-state index contributed by atoms with van der Waals surface area (Å²) in [4.78, 5) is 0. The first-order valence-corrected chi connectivity index (χ1v) is 7.67. The minimum atomic E-state index is 0.248. The highest BCUT2D eigenvalue weighted by molar-refractivity contribution is 5.59. The average molecular weight is 283 g/mol. The van der Waals surface area contributed by atoms with Crippen LogP contribution in [0.4, 0.5) is 5.69 Å². The summed E-state index contributed by atoms with van der Waals surface area (Å²) < 4.78 is 5.87. The van der Waals surface area contributed by atoms with Gasteiger partial charge >= 0.3 is 0 Å². The number of benzene rings is 2. The Morgan fingerprint density at radius 2 is 1.86 bits per heavy atom. The van der Waals surface area contributed by atoms with E-state index in [0.717, 1.165) is 24.5 Å². The summed E-state index contributed by atoms with van der Waals surface area (Å²) in [5, 5.41) is 3.58. The number of hydrogen-bond donors (Lipinski definition) is 1. The maximum absolute atomic E-state index is 5.87. The second kappa shape index (κ2) is 7.16. The summed E-state index contributed by atoms with van der Waals surface area (Å²) in [5.41, 5.74) is 4.90. The molecule has 2 rings (SSSR count). The van der Waals surface area contributed by atoms with Crippen LogP contribution in [-0.2, 0) is 0 Å². The number of nitrogens with one attached hydrogen (secondary N) is 1. The predicted molar refractivity (Wildman–Crippen MR) is 90.2 cm³/mol. The Balaban J connectivity index is 2.20. The first-order valence-electron chi connectivity index (χ1n) is 7.67. The third-order valence-electron chi connectivity index (χ3n) is 3.63. The quantitative estimate of drug-likeness (QED) is 0.780. The number of ether oxygens (including phenoxy) is 1. The Hall–Kier alpha value is -1.96. The highest BCUT2D eigenvalue weighted by Gasteiger charge is 2.11. The predicted octanol–water partition coefficient (Wildman–Crippen LogP) is 5.27. The van der Waals surface area contributed by atoms with E-state index >= 15 is 0 Å². The molecule has 0 radical (unpaired) electrons. The van der Waals surface area contributed by atoms with Crippen LogP contribution < -0.4 is 10.1 Å². The van der Waals surface area contributed by atoms with Gasteiger partial charge in [-0.3, -0.25) is 0 Å². The molecule has 112 valence electrons. The van der Waals surface area contributed by atoms with E-state index < -0.39 is 0 Å². The van der Waals surface area contributed by atoms with Crippen LogP contribution in [0.25, 0.3) is 0 Å². The minimum Gasteiger partial charge on any atom is -0.491 e. The Kier molecular flexibility index (Phi) is 5.26. The molecular formula is C19H25NO. The smallest absolute Gasteiger partial charge is 0.142 e. The van der Waals surface area contributed by atoms with Gasteiger partial charge in [0.05, 0.1) is 12.3 Å². The van der Waals surface area contributed by atoms with Crippen LogP contribution in [0.1, 0.15) is 43.0 Å². The monoisotopic (exact) mass is 283 g/mol. The van der Waals surface area contributed by atoms with Crippen molar-refractivity contribution in [1.29, 1.82) is 0 Å². The molecule has 2 nitrogen and oxygen atoms in total. The molecule has 2 aromatic rings. The molecule has 0 aliphatic heterocycles. The largest absolute Gasteiger partial charge is 0.491 e. The third kappa shape index (κ3) is 4.01. The first-order chi connectivity index (χ1) is 10.1. The molecule has 0 aliphatic carbocycles. The van der Waals surface area contributed by atoms with Crippen molar-refractivity contribution in [3.05, 3.63) is 59.2 Å². The number of anilines is 1. The van der Waals surface area contributed by atoms with Gasteiger partial charge in [0.1, 0.15) is 5.75 Å². The average Bonchev–Trinajstić information content (AvgIpc) is 2.47. The molecule has 0 saturated carbocycles. The van der Waals surface area contributed by atoms with Gasteiger partial charge in [0, 0.05) is 6.04 Å². The Morgan fingerprint density at radius 1 is 1.10 bits per heavy atom. The van der Waals surface area contributed by atoms with Gasteiger partial charge in [-0.1, -0.05) is 37.3 Å². The van der Waals surface area contributed by atoms with Crippen molar-refractivity contribution < 1.29 is 4.74 Å². The Bertz CT molecular complexity index is 592. The summed E-state index contributed by atoms with van der Waals surface area (Å²) in [6.45, 7) is 9.30. The maximum atomic E-state index is 5.87. The maximum Gasteiger partial charge on any atom is 0.142 e. The minimum absolute atomic E-state index is 0.248. The van der Waals surface area contributed by atoms with E-state index in [1.807, 2.05) is 0 Å². The summed E-state index contributed by atoms with van der Waals surface area (Å²) in [7, 11) is 0. The van der Waals surface area contributed by atoms with Crippen LogP contribution in [0.5, 0.6) is 5.75 Å². The van der Waals surface area contributed by atoms with Gasteiger partial charge < -0.3 is 10.1 Å². The van der Waals surface area contributed by atoms with E-state index in [1.54, 1.807) is 0 Å². The zero-order valence-corrected chi connectivity index (χ0v) is 13.4. The van der Waals surface area contributed by atoms with Crippen LogP contribution in [-0.4, -0.2) is 6.61 Å². The van der Waals surface area contributed by atoms with Gasteiger partial charge in [0.25, 0.3) is 0 Å².